The summed E-state index contributed by atoms with van der Waals surface area (Å²) in [4.78, 5) is 0. The Morgan fingerprint density at radius 3 is 1.14 bits per heavy atom. The first-order chi connectivity index (χ1) is 21.4. The summed E-state index contributed by atoms with van der Waals surface area (Å²) < 4.78 is 0. The standard InChI is InChI=1S/C44H34/c1-44(2,3)37-26-35-22-24-38-40(33-18-14-31(15-19-33)29-10-6-4-7-11-29)28-41(39-25-23-36(27-37)42(35)43(38)39)34-20-16-32(17-21-34)30-12-8-5-9-13-30/h4-28H,1-3H3. The van der Waals surface area contributed by atoms with Gasteiger partial charge in [-0.25, -0.2) is 0 Å². The lowest BCUT2D eigenvalue weighted by atomic mass is 9.81. The van der Waals surface area contributed by atoms with Gasteiger partial charge in [0.05, 0.1) is 0 Å². The molecule has 0 heteroatoms. The molecule has 0 N–H and O–H groups in total. The molecule has 0 nitrogen and oxygen atoms in total. The van der Waals surface area contributed by atoms with E-state index in [1.54, 1.807) is 0 Å². The molecule has 0 aliphatic heterocycles. The van der Waals surface area contributed by atoms with Gasteiger partial charge in [-0.3, -0.25) is 0 Å². The average molecular weight is 563 g/mol. The first kappa shape index (κ1) is 26.4. The summed E-state index contributed by atoms with van der Waals surface area (Å²) in [6, 6.07) is 56.0. The van der Waals surface area contributed by atoms with Crippen LogP contribution in [0.4, 0.5) is 0 Å². The van der Waals surface area contributed by atoms with Crippen molar-refractivity contribution in [3.8, 4) is 44.5 Å². The molecule has 0 aliphatic carbocycles. The molecular formula is C44H34. The highest BCUT2D eigenvalue weighted by molar-refractivity contribution is 6.28. The van der Waals surface area contributed by atoms with Crippen molar-refractivity contribution in [1.29, 1.82) is 0 Å². The normalized spacial score (nSPS) is 12.0. The van der Waals surface area contributed by atoms with E-state index in [0.29, 0.717) is 0 Å². The van der Waals surface area contributed by atoms with Crippen LogP contribution in [0.2, 0.25) is 0 Å². The third kappa shape index (κ3) is 4.46. The fraction of sp³-hybridized carbons (Fsp3) is 0.0909. The van der Waals surface area contributed by atoms with Crippen LogP contribution in [0.15, 0.2) is 152 Å². The minimum Gasteiger partial charge on any atom is -0.0622 e. The molecule has 0 bridgehead atoms. The monoisotopic (exact) mass is 562 g/mol. The summed E-state index contributed by atoms with van der Waals surface area (Å²) in [6.45, 7) is 6.90. The number of hydrogen-bond donors (Lipinski definition) is 0. The lowest BCUT2D eigenvalue weighted by molar-refractivity contribution is 0.591. The first-order valence-electron chi connectivity index (χ1n) is 15.5. The van der Waals surface area contributed by atoms with Crippen LogP contribution in [0.5, 0.6) is 0 Å². The van der Waals surface area contributed by atoms with Gasteiger partial charge >= 0.3 is 0 Å². The number of benzene rings is 8. The molecule has 8 rings (SSSR count). The van der Waals surface area contributed by atoms with E-state index in [0.717, 1.165) is 0 Å². The highest BCUT2D eigenvalue weighted by atomic mass is 14.2. The maximum Gasteiger partial charge on any atom is -0.00143 e. The van der Waals surface area contributed by atoms with Crippen molar-refractivity contribution in [2.75, 3.05) is 0 Å². The fourth-order valence-electron chi connectivity index (χ4n) is 6.77. The maximum atomic E-state index is 2.41. The van der Waals surface area contributed by atoms with Crippen molar-refractivity contribution < 1.29 is 0 Å². The van der Waals surface area contributed by atoms with E-state index >= 15 is 0 Å². The molecule has 0 unspecified atom stereocenters. The molecule has 44 heavy (non-hydrogen) atoms. The van der Waals surface area contributed by atoms with Crippen LogP contribution in [0.1, 0.15) is 26.3 Å². The van der Waals surface area contributed by atoms with Gasteiger partial charge in [0.1, 0.15) is 0 Å². The van der Waals surface area contributed by atoms with Crippen LogP contribution >= 0.6 is 0 Å². The van der Waals surface area contributed by atoms with Gasteiger partial charge in [-0.2, -0.15) is 0 Å². The van der Waals surface area contributed by atoms with Gasteiger partial charge in [0.15, 0.2) is 0 Å². The lowest BCUT2D eigenvalue weighted by Gasteiger charge is -2.23. The van der Waals surface area contributed by atoms with Gasteiger partial charge < -0.3 is 0 Å². The molecule has 0 aliphatic rings. The molecule has 8 aromatic rings. The molecular weight excluding hydrogens is 528 g/mol. The Morgan fingerprint density at radius 2 is 0.727 bits per heavy atom. The third-order valence-corrected chi connectivity index (χ3v) is 9.19. The van der Waals surface area contributed by atoms with Crippen LogP contribution in [0.3, 0.4) is 0 Å². The first-order valence-corrected chi connectivity index (χ1v) is 15.5. The Bertz CT molecular complexity index is 2100. The minimum atomic E-state index is 0.0851. The smallest absolute Gasteiger partial charge is 0.00143 e. The Labute approximate surface area is 259 Å². The molecule has 0 aromatic heterocycles. The van der Waals surface area contributed by atoms with Crippen LogP contribution in [0, 0.1) is 0 Å². The van der Waals surface area contributed by atoms with Gasteiger partial charge in [0.25, 0.3) is 0 Å². The fourth-order valence-corrected chi connectivity index (χ4v) is 6.77. The largest absolute Gasteiger partial charge is 0.0622 e. The molecule has 0 saturated heterocycles. The second-order valence-corrected chi connectivity index (χ2v) is 13.0. The SMILES string of the molecule is CC(C)(C)c1cc2ccc3c(-c4ccc(-c5ccccc5)cc4)cc(-c4ccc(-c5ccccc5)cc4)c4ccc(c1)c2c34. The van der Waals surface area contributed by atoms with Crippen LogP contribution in [-0.2, 0) is 5.41 Å². The summed E-state index contributed by atoms with van der Waals surface area (Å²) in [6.07, 6.45) is 0. The Kier molecular flexibility index (Phi) is 6.13. The van der Waals surface area contributed by atoms with Gasteiger partial charge in [0, 0.05) is 0 Å². The minimum absolute atomic E-state index is 0.0851. The average Bonchev–Trinajstić information content (AvgIpc) is 3.07. The topological polar surface area (TPSA) is 0 Å². The molecule has 0 saturated carbocycles. The van der Waals surface area contributed by atoms with Crippen molar-refractivity contribution in [3.05, 3.63) is 157 Å². The van der Waals surface area contributed by atoms with Crippen molar-refractivity contribution in [1.82, 2.24) is 0 Å². The maximum absolute atomic E-state index is 2.41. The Balaban J connectivity index is 1.37. The second kappa shape index (κ2) is 10.2. The van der Waals surface area contributed by atoms with Crippen LogP contribution < -0.4 is 0 Å². The predicted octanol–water partition coefficient (Wildman–Crippen LogP) is 12.5. The number of hydrogen-bond acceptors (Lipinski definition) is 0. The zero-order chi connectivity index (χ0) is 29.8. The molecule has 210 valence electrons. The van der Waals surface area contributed by atoms with Crippen molar-refractivity contribution in [3.63, 3.8) is 0 Å². The summed E-state index contributed by atoms with van der Waals surface area (Å²) in [5, 5.41) is 7.95. The van der Waals surface area contributed by atoms with Crippen molar-refractivity contribution >= 4 is 32.3 Å². The van der Waals surface area contributed by atoms with E-state index in [1.165, 1.54) is 82.4 Å². The highest BCUT2D eigenvalue weighted by Crippen LogP contribution is 2.45. The van der Waals surface area contributed by atoms with E-state index in [-0.39, 0.29) is 5.41 Å². The van der Waals surface area contributed by atoms with Gasteiger partial charge in [-0.1, -0.05) is 166 Å². The molecule has 0 heterocycles. The van der Waals surface area contributed by atoms with Gasteiger partial charge in [0.2, 0.25) is 0 Å². The van der Waals surface area contributed by atoms with Crippen LogP contribution in [0.25, 0.3) is 76.8 Å². The Hall–Kier alpha value is -5.20. The zero-order valence-corrected chi connectivity index (χ0v) is 25.4. The third-order valence-electron chi connectivity index (χ3n) is 9.19. The van der Waals surface area contributed by atoms with E-state index in [1.807, 2.05) is 0 Å². The number of rotatable bonds is 4. The molecule has 0 radical (unpaired) electrons. The van der Waals surface area contributed by atoms with E-state index < -0.39 is 0 Å². The van der Waals surface area contributed by atoms with Crippen LogP contribution in [-0.4, -0.2) is 0 Å². The predicted molar refractivity (Wildman–Crippen MR) is 191 cm³/mol. The summed E-state index contributed by atoms with van der Waals surface area (Å²) in [5.41, 5.74) is 11.4. The van der Waals surface area contributed by atoms with E-state index in [9.17, 15) is 0 Å². The van der Waals surface area contributed by atoms with E-state index in [4.69, 9.17) is 0 Å². The molecule has 8 aromatic carbocycles. The zero-order valence-electron chi connectivity index (χ0n) is 25.4. The Morgan fingerprint density at radius 1 is 0.341 bits per heavy atom. The molecule has 0 atom stereocenters. The lowest BCUT2D eigenvalue weighted by Crippen LogP contribution is -2.10. The molecule has 0 amide bonds. The summed E-state index contributed by atoms with van der Waals surface area (Å²) in [5.74, 6) is 0. The second-order valence-electron chi connectivity index (χ2n) is 13.0. The van der Waals surface area contributed by atoms with Gasteiger partial charge in [-0.05, 0) is 93.9 Å². The summed E-state index contributed by atoms with van der Waals surface area (Å²) in [7, 11) is 0. The highest BCUT2D eigenvalue weighted by Gasteiger charge is 2.20. The van der Waals surface area contributed by atoms with Crippen molar-refractivity contribution in [2.45, 2.75) is 26.2 Å². The van der Waals surface area contributed by atoms with Gasteiger partial charge in [-0.15, -0.1) is 0 Å². The molecule has 0 spiro atoms. The van der Waals surface area contributed by atoms with E-state index in [2.05, 4.69) is 172 Å². The molecule has 0 fully saturated rings. The quantitative estimate of drug-likeness (QED) is 0.187. The van der Waals surface area contributed by atoms with Crippen molar-refractivity contribution in [2.24, 2.45) is 0 Å². The summed E-state index contributed by atoms with van der Waals surface area (Å²) >= 11 is 0.